The average molecular weight is 548 g/mol. The zero-order chi connectivity index (χ0) is 28.1. The summed E-state index contributed by atoms with van der Waals surface area (Å²) >= 11 is 0. The Morgan fingerprint density at radius 1 is 1.15 bits per heavy atom. The van der Waals surface area contributed by atoms with E-state index in [2.05, 4.69) is 20.2 Å². The van der Waals surface area contributed by atoms with Crippen molar-refractivity contribution in [3.8, 4) is 22.8 Å². The molecule has 0 bridgehead atoms. The maximum atomic E-state index is 14.0. The van der Waals surface area contributed by atoms with Gasteiger partial charge in [-0.25, -0.2) is 13.7 Å². The number of likely N-dealkylation sites (tertiary alicyclic amines) is 1. The summed E-state index contributed by atoms with van der Waals surface area (Å²) in [6.45, 7) is 6.29. The number of nitrogens with zero attached hydrogens (tertiary/aromatic N) is 5. The van der Waals surface area contributed by atoms with Crippen molar-refractivity contribution in [2.24, 2.45) is 0 Å². The molecule has 1 saturated heterocycles. The van der Waals surface area contributed by atoms with Gasteiger partial charge in [0.05, 0.1) is 17.5 Å². The van der Waals surface area contributed by atoms with Crippen molar-refractivity contribution in [2.45, 2.75) is 51.3 Å². The number of H-pyrrole nitrogens is 1. The summed E-state index contributed by atoms with van der Waals surface area (Å²) in [6.07, 6.45) is -2.65. The van der Waals surface area contributed by atoms with E-state index in [1.807, 2.05) is 0 Å². The van der Waals surface area contributed by atoms with Crippen molar-refractivity contribution < 1.29 is 31.6 Å². The predicted octanol–water partition coefficient (Wildman–Crippen LogP) is 5.01. The molecular weight excluding hydrogens is 524 g/mol. The summed E-state index contributed by atoms with van der Waals surface area (Å²) in [5, 5.41) is 8.13. The average Bonchev–Trinajstić information content (AvgIpc) is 3.49. The third-order valence-electron chi connectivity index (χ3n) is 6.29. The molecule has 3 aromatic heterocycles. The van der Waals surface area contributed by atoms with E-state index in [4.69, 9.17) is 9.26 Å². The molecule has 5 rings (SSSR count). The Morgan fingerprint density at radius 3 is 2.51 bits per heavy atom. The quantitative estimate of drug-likeness (QED) is 0.358. The summed E-state index contributed by atoms with van der Waals surface area (Å²) in [5.41, 5.74) is -1.22. The van der Waals surface area contributed by atoms with Crippen LogP contribution in [0.1, 0.15) is 50.8 Å². The third kappa shape index (κ3) is 5.36. The van der Waals surface area contributed by atoms with Crippen LogP contribution in [0.15, 0.2) is 39.8 Å². The summed E-state index contributed by atoms with van der Waals surface area (Å²) < 4.78 is 65.0. The number of amides is 1. The Balaban J connectivity index is 1.40. The van der Waals surface area contributed by atoms with E-state index >= 15 is 0 Å². The zero-order valence-electron chi connectivity index (χ0n) is 21.2. The van der Waals surface area contributed by atoms with Gasteiger partial charge in [0.2, 0.25) is 5.82 Å². The molecule has 0 spiro atoms. The minimum atomic E-state index is -4.84. The number of alkyl halides is 3. The van der Waals surface area contributed by atoms with E-state index in [1.54, 1.807) is 30.2 Å². The van der Waals surface area contributed by atoms with E-state index in [9.17, 15) is 27.2 Å². The van der Waals surface area contributed by atoms with E-state index in [0.717, 1.165) is 6.07 Å². The highest BCUT2D eigenvalue weighted by molar-refractivity contribution is 5.72. The minimum Gasteiger partial charge on any atom is -0.444 e. The molecule has 0 atom stereocenters. The number of carbonyl (C=O) groups is 1. The second-order valence-corrected chi connectivity index (χ2v) is 10.2. The molecule has 14 heteroatoms. The summed E-state index contributed by atoms with van der Waals surface area (Å²) in [7, 11) is 0. The van der Waals surface area contributed by atoms with E-state index in [1.165, 1.54) is 12.3 Å². The molecule has 0 unspecified atom stereocenters. The van der Waals surface area contributed by atoms with Crippen LogP contribution in [0.3, 0.4) is 0 Å². The second-order valence-electron chi connectivity index (χ2n) is 10.2. The summed E-state index contributed by atoms with van der Waals surface area (Å²) in [6, 6.07) is 3.77. The monoisotopic (exact) mass is 548 g/mol. The van der Waals surface area contributed by atoms with Crippen LogP contribution >= 0.6 is 0 Å². The molecule has 1 aliphatic rings. The van der Waals surface area contributed by atoms with Gasteiger partial charge in [-0.3, -0.25) is 4.79 Å². The molecule has 1 amide bonds. The Labute approximate surface area is 218 Å². The number of aromatic nitrogens is 5. The predicted molar refractivity (Wildman–Crippen MR) is 129 cm³/mol. The molecular formula is C25H24F4N6O4. The van der Waals surface area contributed by atoms with Crippen LogP contribution in [-0.2, 0) is 10.9 Å². The van der Waals surface area contributed by atoms with Gasteiger partial charge in [-0.05, 0) is 45.7 Å². The Morgan fingerprint density at radius 2 is 1.87 bits per heavy atom. The van der Waals surface area contributed by atoms with Crippen molar-refractivity contribution in [3.63, 3.8) is 0 Å². The molecule has 4 aromatic rings. The molecule has 1 aliphatic heterocycles. The number of fused-ring (bicyclic) bond motifs is 1. The maximum Gasteiger partial charge on any atom is 0.419 e. The molecule has 0 radical (unpaired) electrons. The summed E-state index contributed by atoms with van der Waals surface area (Å²) in [4.78, 5) is 33.5. The van der Waals surface area contributed by atoms with E-state index in [-0.39, 0.29) is 34.4 Å². The first-order chi connectivity index (χ1) is 18.3. The Kier molecular flexibility index (Phi) is 6.43. The number of nitrogens with one attached hydrogen (secondary N) is 1. The zero-order valence-corrected chi connectivity index (χ0v) is 21.2. The minimum absolute atomic E-state index is 0.0158. The van der Waals surface area contributed by atoms with Crippen LogP contribution in [-0.4, -0.2) is 54.4 Å². The molecule has 0 aliphatic carbocycles. The number of benzene rings is 1. The standard InChI is InChI=1S/C25H24F4N6O4/c1-24(2,3)38-23(37)34-8-6-13(7-9-34)18-11-19(36)31-21-15(12-30-35(18)21)22-32-20(33-39-22)14-4-5-16(17(26)10-14)25(27,28)29/h4-5,10-13H,6-9H2,1-3H3,(H,31,36). The topological polar surface area (TPSA) is 119 Å². The smallest absolute Gasteiger partial charge is 0.419 e. The number of hydrogen-bond acceptors (Lipinski definition) is 7. The van der Waals surface area contributed by atoms with Crippen LogP contribution in [0.5, 0.6) is 0 Å². The number of aromatic amines is 1. The van der Waals surface area contributed by atoms with Crippen LogP contribution in [0.4, 0.5) is 22.4 Å². The van der Waals surface area contributed by atoms with Crippen LogP contribution in [0, 0.1) is 5.82 Å². The van der Waals surface area contributed by atoms with Gasteiger partial charge in [0.25, 0.3) is 11.4 Å². The molecule has 1 fully saturated rings. The highest BCUT2D eigenvalue weighted by Crippen LogP contribution is 2.34. The Bertz CT molecular complexity index is 1590. The normalized spacial score (nSPS) is 15.2. The molecule has 0 saturated carbocycles. The first-order valence-electron chi connectivity index (χ1n) is 12.1. The van der Waals surface area contributed by atoms with E-state index in [0.29, 0.717) is 43.8 Å². The van der Waals surface area contributed by atoms with Gasteiger partial charge in [-0.15, -0.1) is 0 Å². The third-order valence-corrected chi connectivity index (χ3v) is 6.29. The largest absolute Gasteiger partial charge is 0.444 e. The fourth-order valence-corrected chi connectivity index (χ4v) is 4.48. The maximum absolute atomic E-state index is 14.0. The Hall–Kier alpha value is -4.23. The molecule has 206 valence electrons. The highest BCUT2D eigenvalue weighted by atomic mass is 19.4. The van der Waals surface area contributed by atoms with Crippen molar-refractivity contribution in [3.05, 3.63) is 57.9 Å². The lowest BCUT2D eigenvalue weighted by Crippen LogP contribution is -2.41. The number of ether oxygens (including phenoxy) is 1. The first-order valence-corrected chi connectivity index (χ1v) is 12.1. The number of carbonyl (C=O) groups excluding carboxylic acids is 1. The second kappa shape index (κ2) is 9.50. The van der Waals surface area contributed by atoms with E-state index < -0.39 is 34.8 Å². The fraction of sp³-hybridized carbons (Fsp3) is 0.400. The van der Waals surface area contributed by atoms with Gasteiger partial charge in [0.1, 0.15) is 22.6 Å². The molecule has 10 nitrogen and oxygen atoms in total. The molecule has 1 aromatic carbocycles. The van der Waals surface area contributed by atoms with Gasteiger partial charge in [0, 0.05) is 30.6 Å². The van der Waals surface area contributed by atoms with Crippen LogP contribution < -0.4 is 5.56 Å². The number of halogens is 4. The molecule has 1 N–H and O–H groups in total. The highest BCUT2D eigenvalue weighted by Gasteiger charge is 2.34. The lowest BCUT2D eigenvalue weighted by molar-refractivity contribution is -0.139. The lowest BCUT2D eigenvalue weighted by Gasteiger charge is -2.33. The van der Waals surface area contributed by atoms with Gasteiger partial charge in [0.15, 0.2) is 0 Å². The number of rotatable bonds is 3. The summed E-state index contributed by atoms with van der Waals surface area (Å²) in [5.74, 6) is -1.73. The van der Waals surface area contributed by atoms with Crippen LogP contribution in [0.2, 0.25) is 0 Å². The fourth-order valence-electron chi connectivity index (χ4n) is 4.48. The molecule has 39 heavy (non-hydrogen) atoms. The van der Waals surface area contributed by atoms with Crippen LogP contribution in [0.25, 0.3) is 28.5 Å². The van der Waals surface area contributed by atoms with Crippen molar-refractivity contribution in [1.82, 2.24) is 29.6 Å². The van der Waals surface area contributed by atoms with Crippen molar-refractivity contribution in [2.75, 3.05) is 13.1 Å². The molecule has 4 heterocycles. The van der Waals surface area contributed by atoms with Gasteiger partial charge in [-0.2, -0.15) is 23.3 Å². The number of piperidine rings is 1. The van der Waals surface area contributed by atoms with Crippen molar-refractivity contribution in [1.29, 1.82) is 0 Å². The number of hydrogen-bond donors (Lipinski definition) is 1. The first kappa shape index (κ1) is 26.4. The van der Waals surface area contributed by atoms with Crippen molar-refractivity contribution >= 4 is 11.7 Å². The van der Waals surface area contributed by atoms with Gasteiger partial charge >= 0.3 is 12.3 Å². The van der Waals surface area contributed by atoms with Gasteiger partial charge in [-0.1, -0.05) is 11.2 Å². The SMILES string of the molecule is CC(C)(C)OC(=O)N1CCC(c2cc(=O)[nH]c3c(-c4nc(-c5ccc(C(F)(F)F)c(F)c5)no4)cnn23)CC1. The van der Waals surface area contributed by atoms with Gasteiger partial charge < -0.3 is 19.1 Å². The lowest BCUT2D eigenvalue weighted by atomic mass is 9.93.